The molecule has 0 radical (unpaired) electrons. The highest BCUT2D eigenvalue weighted by atomic mass is 32.1. The molecule has 4 nitrogen and oxygen atoms in total. The van der Waals surface area contributed by atoms with Gasteiger partial charge < -0.3 is 15.6 Å². The monoisotopic (exact) mass is 234 g/mol. The lowest BCUT2D eigenvalue weighted by atomic mass is 10.1. The Morgan fingerprint density at radius 3 is 2.75 bits per heavy atom. The normalized spacial score (nSPS) is 10.6. The maximum absolute atomic E-state index is 9.51. The molecule has 0 saturated heterocycles. The molecule has 0 fully saturated rings. The van der Waals surface area contributed by atoms with Crippen LogP contribution in [-0.2, 0) is 0 Å². The molecule has 3 N–H and O–H groups in total. The van der Waals surface area contributed by atoms with Gasteiger partial charge in [0.15, 0.2) is 11.5 Å². The molecule has 1 aromatic rings. The van der Waals surface area contributed by atoms with Crippen molar-refractivity contribution < 1.29 is 9.84 Å². The number of nitrogens with two attached hydrogens (primary N) is 1. The highest BCUT2D eigenvalue weighted by molar-refractivity contribution is 7.80. The summed E-state index contributed by atoms with van der Waals surface area (Å²) in [6, 6.07) is 6.63. The van der Waals surface area contributed by atoms with E-state index >= 15 is 0 Å². The number of rotatable bonds is 3. The Morgan fingerprint density at radius 2 is 2.31 bits per heavy atom. The number of ether oxygens (including phenoxy) is 1. The van der Waals surface area contributed by atoms with Crippen molar-refractivity contribution in [3.63, 3.8) is 0 Å². The second kappa shape index (κ2) is 5.14. The zero-order valence-electron chi connectivity index (χ0n) is 8.60. The van der Waals surface area contributed by atoms with E-state index in [2.05, 4.69) is 0 Å². The fourth-order valence-corrected chi connectivity index (χ4v) is 1.23. The summed E-state index contributed by atoms with van der Waals surface area (Å²) in [5.74, 6) is 0.363. The zero-order valence-corrected chi connectivity index (χ0v) is 9.41. The number of nitriles is 1. The molecule has 0 bridgehead atoms. The lowest BCUT2D eigenvalue weighted by Crippen LogP contribution is -2.09. The van der Waals surface area contributed by atoms with Gasteiger partial charge in [-0.05, 0) is 23.8 Å². The van der Waals surface area contributed by atoms with Gasteiger partial charge in [0.25, 0.3) is 0 Å². The van der Waals surface area contributed by atoms with E-state index < -0.39 is 0 Å². The number of aromatic hydroxyl groups is 1. The van der Waals surface area contributed by atoms with Crippen LogP contribution in [0.2, 0.25) is 0 Å². The summed E-state index contributed by atoms with van der Waals surface area (Å²) in [6.07, 6.45) is 1.50. The number of benzene rings is 1. The van der Waals surface area contributed by atoms with E-state index in [1.807, 2.05) is 6.07 Å². The van der Waals surface area contributed by atoms with E-state index in [4.69, 9.17) is 28.0 Å². The van der Waals surface area contributed by atoms with Gasteiger partial charge in [-0.15, -0.1) is 0 Å². The maximum Gasteiger partial charge on any atom is 0.160 e. The van der Waals surface area contributed by atoms with Crippen LogP contribution in [-0.4, -0.2) is 17.2 Å². The van der Waals surface area contributed by atoms with Crippen molar-refractivity contribution >= 4 is 23.3 Å². The largest absolute Gasteiger partial charge is 0.504 e. The lowest BCUT2D eigenvalue weighted by molar-refractivity contribution is 0.373. The van der Waals surface area contributed by atoms with Crippen LogP contribution >= 0.6 is 12.2 Å². The quantitative estimate of drug-likeness (QED) is 0.471. The first-order valence-corrected chi connectivity index (χ1v) is 4.78. The number of phenols is 1. The first-order chi connectivity index (χ1) is 7.58. The van der Waals surface area contributed by atoms with Crippen molar-refractivity contribution in [1.29, 1.82) is 5.26 Å². The van der Waals surface area contributed by atoms with Gasteiger partial charge in [-0.1, -0.05) is 18.3 Å². The van der Waals surface area contributed by atoms with Crippen LogP contribution in [0.15, 0.2) is 23.8 Å². The Bertz CT molecular complexity index is 489. The Morgan fingerprint density at radius 1 is 1.62 bits per heavy atom. The number of methoxy groups -OCH3 is 1. The van der Waals surface area contributed by atoms with E-state index in [0.29, 0.717) is 11.3 Å². The third kappa shape index (κ3) is 2.72. The van der Waals surface area contributed by atoms with Crippen molar-refractivity contribution in [2.45, 2.75) is 0 Å². The maximum atomic E-state index is 9.51. The van der Waals surface area contributed by atoms with Crippen LogP contribution in [0.3, 0.4) is 0 Å². The molecule has 0 aliphatic carbocycles. The van der Waals surface area contributed by atoms with Crippen LogP contribution in [0.1, 0.15) is 5.56 Å². The van der Waals surface area contributed by atoms with Gasteiger partial charge in [0.05, 0.1) is 12.7 Å². The van der Waals surface area contributed by atoms with Gasteiger partial charge in [-0.2, -0.15) is 5.26 Å². The van der Waals surface area contributed by atoms with E-state index in [1.54, 1.807) is 12.1 Å². The predicted molar refractivity (Wildman–Crippen MR) is 65.0 cm³/mol. The Balaban J connectivity index is 3.12. The summed E-state index contributed by atoms with van der Waals surface area (Å²) in [7, 11) is 1.46. The summed E-state index contributed by atoms with van der Waals surface area (Å²) < 4.78 is 4.89. The minimum absolute atomic E-state index is 0.00326. The predicted octanol–water partition coefficient (Wildman–Crippen LogP) is 1.59. The molecule has 0 atom stereocenters. The summed E-state index contributed by atoms with van der Waals surface area (Å²) in [4.78, 5) is 0.0257. The summed E-state index contributed by atoms with van der Waals surface area (Å²) >= 11 is 4.70. The molecular weight excluding hydrogens is 224 g/mol. The second-order valence-electron chi connectivity index (χ2n) is 2.97. The molecule has 16 heavy (non-hydrogen) atoms. The summed E-state index contributed by atoms with van der Waals surface area (Å²) in [5, 5.41) is 18.3. The number of nitrogens with zero attached hydrogens (tertiary/aromatic N) is 1. The first-order valence-electron chi connectivity index (χ1n) is 4.37. The van der Waals surface area contributed by atoms with E-state index in [9.17, 15) is 5.11 Å². The molecule has 0 aliphatic heterocycles. The topological polar surface area (TPSA) is 79.3 Å². The average molecular weight is 234 g/mol. The lowest BCUT2D eigenvalue weighted by Gasteiger charge is -2.03. The number of hydrogen-bond acceptors (Lipinski definition) is 4. The minimum atomic E-state index is -0.00326. The van der Waals surface area contributed by atoms with Gasteiger partial charge in [0.1, 0.15) is 11.1 Å². The van der Waals surface area contributed by atoms with Crippen LogP contribution in [0.25, 0.3) is 6.08 Å². The molecule has 0 aromatic heterocycles. The third-order valence-electron chi connectivity index (χ3n) is 1.90. The van der Waals surface area contributed by atoms with Crippen LogP contribution < -0.4 is 10.5 Å². The molecule has 0 aliphatic rings. The smallest absolute Gasteiger partial charge is 0.160 e. The molecule has 0 unspecified atom stereocenters. The van der Waals surface area contributed by atoms with Gasteiger partial charge in [0.2, 0.25) is 0 Å². The minimum Gasteiger partial charge on any atom is -0.504 e. The molecule has 0 amide bonds. The number of thiocarbonyl (C=S) groups is 1. The van der Waals surface area contributed by atoms with Gasteiger partial charge in [-0.25, -0.2) is 0 Å². The highest BCUT2D eigenvalue weighted by Gasteiger charge is 2.03. The fourth-order valence-electron chi connectivity index (χ4n) is 1.12. The molecule has 5 heteroatoms. The molecule has 1 rings (SSSR count). The summed E-state index contributed by atoms with van der Waals surface area (Å²) in [6.45, 7) is 0. The van der Waals surface area contributed by atoms with E-state index in [0.717, 1.165) is 0 Å². The van der Waals surface area contributed by atoms with Crippen LogP contribution in [0.4, 0.5) is 0 Å². The molecule has 0 heterocycles. The van der Waals surface area contributed by atoms with E-state index in [-0.39, 0.29) is 16.3 Å². The van der Waals surface area contributed by atoms with Crippen molar-refractivity contribution in [1.82, 2.24) is 0 Å². The molecule has 82 valence electrons. The second-order valence-corrected chi connectivity index (χ2v) is 3.41. The standard InChI is InChI=1S/C11H10N2O2S/c1-15-10-3-2-7(5-9(10)14)4-8(6-12)11(13)16/h2-5,14H,1H3,(H2,13,16)/b8-4+. The fraction of sp³-hybridized carbons (Fsp3) is 0.0909. The zero-order chi connectivity index (χ0) is 12.1. The van der Waals surface area contributed by atoms with Crippen molar-refractivity contribution in [2.75, 3.05) is 7.11 Å². The molecule has 0 saturated carbocycles. The Kier molecular flexibility index (Phi) is 3.86. The first kappa shape index (κ1) is 12.0. The van der Waals surface area contributed by atoms with Crippen LogP contribution in [0, 0.1) is 11.3 Å². The number of hydrogen-bond donors (Lipinski definition) is 2. The Hall–Kier alpha value is -2.06. The van der Waals surface area contributed by atoms with Crippen molar-refractivity contribution in [3.8, 4) is 17.6 Å². The highest BCUT2D eigenvalue weighted by Crippen LogP contribution is 2.27. The molecule has 1 aromatic carbocycles. The third-order valence-corrected chi connectivity index (χ3v) is 2.12. The molecular formula is C11H10N2O2S. The number of phenolic OH excluding ortho intramolecular Hbond substituents is 1. The van der Waals surface area contributed by atoms with Gasteiger partial charge in [-0.3, -0.25) is 0 Å². The van der Waals surface area contributed by atoms with Crippen molar-refractivity contribution in [3.05, 3.63) is 29.3 Å². The van der Waals surface area contributed by atoms with Gasteiger partial charge in [0, 0.05) is 0 Å². The van der Waals surface area contributed by atoms with Crippen LogP contribution in [0.5, 0.6) is 11.5 Å². The van der Waals surface area contributed by atoms with Crippen molar-refractivity contribution in [2.24, 2.45) is 5.73 Å². The van der Waals surface area contributed by atoms with Gasteiger partial charge >= 0.3 is 0 Å². The Labute approximate surface area is 98.6 Å². The molecule has 0 spiro atoms. The SMILES string of the molecule is COc1ccc(/C=C(\C#N)C(N)=S)cc1O. The van der Waals surface area contributed by atoms with E-state index in [1.165, 1.54) is 19.3 Å². The average Bonchev–Trinajstić information content (AvgIpc) is 2.25. The summed E-state index contributed by atoms with van der Waals surface area (Å²) in [5.41, 5.74) is 6.16.